The molecule has 1 aliphatic rings. The summed E-state index contributed by atoms with van der Waals surface area (Å²) in [5.41, 5.74) is 2.64. The zero-order valence-electron chi connectivity index (χ0n) is 14.3. The Morgan fingerprint density at radius 2 is 2.12 bits per heavy atom. The van der Waals surface area contributed by atoms with Gasteiger partial charge in [0.25, 0.3) is 5.91 Å². The van der Waals surface area contributed by atoms with Gasteiger partial charge in [-0.2, -0.15) is 0 Å². The van der Waals surface area contributed by atoms with Gasteiger partial charge < -0.3 is 10.0 Å². The number of carbonyl (C=O) groups is 2. The summed E-state index contributed by atoms with van der Waals surface area (Å²) in [5.74, 6) is -0.889. The van der Waals surface area contributed by atoms with Crippen LogP contribution in [0.1, 0.15) is 48.2 Å². The Labute approximate surface area is 151 Å². The first-order valence-electron chi connectivity index (χ1n) is 8.60. The Bertz CT molecular complexity index is 772. The number of thiazole rings is 1. The lowest BCUT2D eigenvalue weighted by Gasteiger charge is -2.35. The van der Waals surface area contributed by atoms with Crippen molar-refractivity contribution in [3.8, 4) is 10.6 Å². The maximum absolute atomic E-state index is 12.9. The fourth-order valence-electron chi connectivity index (χ4n) is 3.31. The highest BCUT2D eigenvalue weighted by Gasteiger charge is 2.29. The number of aryl methyl sites for hydroxylation is 1. The van der Waals surface area contributed by atoms with Gasteiger partial charge >= 0.3 is 5.97 Å². The number of nitrogens with zero attached hydrogens (tertiary/aromatic N) is 2. The van der Waals surface area contributed by atoms with Crippen molar-refractivity contribution in [1.82, 2.24) is 9.88 Å². The summed E-state index contributed by atoms with van der Waals surface area (Å²) in [6, 6.07) is 8.00. The number of carboxylic acids is 1. The van der Waals surface area contributed by atoms with Crippen LogP contribution in [0, 0.1) is 6.92 Å². The number of piperidine rings is 1. The molecule has 2 heterocycles. The number of aliphatic carboxylic acids is 1. The third-order valence-corrected chi connectivity index (χ3v) is 5.55. The molecule has 3 rings (SSSR count). The smallest absolute Gasteiger partial charge is 0.303 e. The van der Waals surface area contributed by atoms with Crippen molar-refractivity contribution in [2.75, 3.05) is 6.54 Å². The summed E-state index contributed by atoms with van der Waals surface area (Å²) in [4.78, 5) is 30.2. The number of likely N-dealkylation sites (tertiary alicyclic amines) is 1. The molecule has 1 aromatic carbocycles. The molecule has 1 unspecified atom stereocenters. The summed E-state index contributed by atoms with van der Waals surface area (Å²) >= 11 is 1.48. The van der Waals surface area contributed by atoms with Crippen molar-refractivity contribution in [1.29, 1.82) is 0 Å². The van der Waals surface area contributed by atoms with Gasteiger partial charge in [-0.25, -0.2) is 4.98 Å². The molecule has 6 heteroatoms. The Balaban J connectivity index is 1.78. The van der Waals surface area contributed by atoms with Gasteiger partial charge in [-0.3, -0.25) is 9.59 Å². The van der Waals surface area contributed by atoms with E-state index in [1.54, 1.807) is 0 Å². The molecule has 1 saturated heterocycles. The van der Waals surface area contributed by atoms with Crippen LogP contribution in [0.5, 0.6) is 0 Å². The third kappa shape index (κ3) is 4.07. The fraction of sp³-hybridized carbons (Fsp3) is 0.421. The van der Waals surface area contributed by atoms with Gasteiger partial charge in [-0.15, -0.1) is 11.3 Å². The summed E-state index contributed by atoms with van der Waals surface area (Å²) in [5, 5.41) is 11.6. The molecule has 1 aliphatic heterocycles. The number of carbonyl (C=O) groups excluding carboxylic acids is 1. The molecule has 0 aliphatic carbocycles. The van der Waals surface area contributed by atoms with Crippen LogP contribution in [0.15, 0.2) is 29.6 Å². The molecule has 0 radical (unpaired) electrons. The van der Waals surface area contributed by atoms with Crippen LogP contribution in [-0.2, 0) is 4.79 Å². The first kappa shape index (κ1) is 17.6. The summed E-state index contributed by atoms with van der Waals surface area (Å²) in [6.07, 6.45) is 3.48. The van der Waals surface area contributed by atoms with E-state index in [0.29, 0.717) is 18.7 Å². The number of carboxylic acid groups (broad SMARTS) is 1. The molecule has 0 saturated carbocycles. The van der Waals surface area contributed by atoms with Crippen LogP contribution < -0.4 is 0 Å². The molecule has 132 valence electrons. The van der Waals surface area contributed by atoms with Crippen LogP contribution in [-0.4, -0.2) is 39.5 Å². The van der Waals surface area contributed by atoms with Gasteiger partial charge in [0.2, 0.25) is 0 Å². The highest BCUT2D eigenvalue weighted by Crippen LogP contribution is 2.28. The zero-order valence-corrected chi connectivity index (χ0v) is 15.1. The van der Waals surface area contributed by atoms with Gasteiger partial charge in [-0.05, 0) is 38.2 Å². The van der Waals surface area contributed by atoms with E-state index in [9.17, 15) is 9.59 Å². The predicted molar refractivity (Wildman–Crippen MR) is 97.8 cm³/mol. The average Bonchev–Trinajstić information content (AvgIpc) is 3.10. The SMILES string of the molecule is Cc1ccccc1-c1nc(C(=O)N2CCCCC2CCC(=O)O)cs1. The summed E-state index contributed by atoms with van der Waals surface area (Å²) in [7, 11) is 0. The second-order valence-corrected chi connectivity index (χ2v) is 7.29. The lowest BCUT2D eigenvalue weighted by molar-refractivity contribution is -0.137. The first-order chi connectivity index (χ1) is 12.1. The topological polar surface area (TPSA) is 70.5 Å². The number of rotatable bonds is 5. The molecular weight excluding hydrogens is 336 g/mol. The van der Waals surface area contributed by atoms with Crippen molar-refractivity contribution in [3.05, 3.63) is 40.9 Å². The minimum atomic E-state index is -0.812. The Morgan fingerprint density at radius 3 is 2.88 bits per heavy atom. The maximum atomic E-state index is 12.9. The van der Waals surface area contributed by atoms with E-state index in [1.807, 2.05) is 41.5 Å². The molecular formula is C19H22N2O3S. The molecule has 1 fully saturated rings. The molecule has 0 bridgehead atoms. The van der Waals surface area contributed by atoms with Crippen LogP contribution in [0.2, 0.25) is 0 Å². The van der Waals surface area contributed by atoms with Crippen LogP contribution in [0.4, 0.5) is 0 Å². The zero-order chi connectivity index (χ0) is 17.8. The molecule has 25 heavy (non-hydrogen) atoms. The van der Waals surface area contributed by atoms with E-state index in [-0.39, 0.29) is 18.4 Å². The van der Waals surface area contributed by atoms with Crippen LogP contribution in [0.3, 0.4) is 0 Å². The minimum Gasteiger partial charge on any atom is -0.481 e. The van der Waals surface area contributed by atoms with Gasteiger partial charge in [-0.1, -0.05) is 24.3 Å². The fourth-order valence-corrected chi connectivity index (χ4v) is 4.20. The highest BCUT2D eigenvalue weighted by atomic mass is 32.1. The number of hydrogen-bond acceptors (Lipinski definition) is 4. The second-order valence-electron chi connectivity index (χ2n) is 6.43. The van der Waals surface area contributed by atoms with Crippen molar-refractivity contribution in [2.24, 2.45) is 0 Å². The van der Waals surface area contributed by atoms with Gasteiger partial charge in [0.1, 0.15) is 10.7 Å². The van der Waals surface area contributed by atoms with Crippen molar-refractivity contribution >= 4 is 23.2 Å². The number of hydrogen-bond donors (Lipinski definition) is 1. The number of aromatic nitrogens is 1. The number of amides is 1. The van der Waals surface area contributed by atoms with E-state index in [4.69, 9.17) is 5.11 Å². The summed E-state index contributed by atoms with van der Waals surface area (Å²) in [6.45, 7) is 2.71. The normalized spacial score (nSPS) is 17.5. The number of benzene rings is 1. The van der Waals surface area contributed by atoms with E-state index in [1.165, 1.54) is 11.3 Å². The van der Waals surface area contributed by atoms with E-state index in [2.05, 4.69) is 4.98 Å². The Kier molecular flexibility index (Phi) is 5.48. The van der Waals surface area contributed by atoms with Gasteiger partial charge in [0, 0.05) is 30.0 Å². The largest absolute Gasteiger partial charge is 0.481 e. The van der Waals surface area contributed by atoms with E-state index in [0.717, 1.165) is 35.4 Å². The quantitative estimate of drug-likeness (QED) is 0.878. The van der Waals surface area contributed by atoms with Gasteiger partial charge in [0.05, 0.1) is 0 Å². The monoisotopic (exact) mass is 358 g/mol. The van der Waals surface area contributed by atoms with Crippen LogP contribution in [0.25, 0.3) is 10.6 Å². The molecule has 0 spiro atoms. The Hall–Kier alpha value is -2.21. The Morgan fingerprint density at radius 1 is 1.32 bits per heavy atom. The third-order valence-electron chi connectivity index (χ3n) is 4.68. The molecule has 1 N–H and O–H groups in total. The molecule has 1 amide bonds. The summed E-state index contributed by atoms with van der Waals surface area (Å²) < 4.78 is 0. The predicted octanol–water partition coefficient (Wildman–Crippen LogP) is 3.98. The molecule has 1 atom stereocenters. The first-order valence-corrected chi connectivity index (χ1v) is 9.48. The van der Waals surface area contributed by atoms with E-state index < -0.39 is 5.97 Å². The van der Waals surface area contributed by atoms with Crippen molar-refractivity contribution in [2.45, 2.75) is 45.1 Å². The van der Waals surface area contributed by atoms with Crippen molar-refractivity contribution < 1.29 is 14.7 Å². The highest BCUT2D eigenvalue weighted by molar-refractivity contribution is 7.13. The second kappa shape index (κ2) is 7.78. The molecule has 5 nitrogen and oxygen atoms in total. The molecule has 2 aromatic rings. The van der Waals surface area contributed by atoms with Crippen LogP contribution >= 0.6 is 11.3 Å². The lowest BCUT2D eigenvalue weighted by atomic mass is 9.97. The molecule has 1 aromatic heterocycles. The standard InChI is InChI=1S/C19H22N2O3S/c1-13-6-2-3-8-15(13)18-20-16(12-25-18)19(24)21-11-5-4-7-14(21)9-10-17(22)23/h2-3,6,8,12,14H,4-5,7,9-11H2,1H3,(H,22,23). The average molecular weight is 358 g/mol. The maximum Gasteiger partial charge on any atom is 0.303 e. The minimum absolute atomic E-state index is 0.000890. The van der Waals surface area contributed by atoms with Gasteiger partial charge in [0.15, 0.2) is 0 Å². The van der Waals surface area contributed by atoms with E-state index >= 15 is 0 Å². The lowest BCUT2D eigenvalue weighted by Crippen LogP contribution is -2.44. The van der Waals surface area contributed by atoms with Crippen molar-refractivity contribution in [3.63, 3.8) is 0 Å².